The number of nitro benzene ring substituents is 1. The van der Waals surface area contributed by atoms with Gasteiger partial charge in [-0.3, -0.25) is 10.1 Å². The summed E-state index contributed by atoms with van der Waals surface area (Å²) in [5.74, 6) is -0.142. The van der Waals surface area contributed by atoms with Crippen LogP contribution in [-0.4, -0.2) is 28.1 Å². The second-order valence-electron chi connectivity index (χ2n) is 5.43. The number of methoxy groups -OCH3 is 1. The quantitative estimate of drug-likeness (QED) is 0.247. The summed E-state index contributed by atoms with van der Waals surface area (Å²) in [5, 5.41) is 13.9. The first kappa shape index (κ1) is 20.6. The number of hydrogen-bond donors (Lipinski definition) is 1. The van der Waals surface area contributed by atoms with E-state index in [4.69, 9.17) is 17.0 Å². The van der Waals surface area contributed by atoms with Gasteiger partial charge in [-0.25, -0.2) is 4.79 Å². The van der Waals surface area contributed by atoms with Gasteiger partial charge in [-0.2, -0.15) is 0 Å². The van der Waals surface area contributed by atoms with E-state index in [9.17, 15) is 14.9 Å². The molecule has 8 heteroatoms. The van der Waals surface area contributed by atoms with Gasteiger partial charge in [-0.1, -0.05) is 54.3 Å². The number of rotatable bonds is 7. The highest BCUT2D eigenvalue weighted by molar-refractivity contribution is 8.23. The highest BCUT2D eigenvalue weighted by Gasteiger charge is 2.12. The molecule has 0 atom stereocenters. The van der Waals surface area contributed by atoms with Crippen LogP contribution in [0, 0.1) is 10.1 Å². The minimum atomic E-state index is -0.471. The topological polar surface area (TPSA) is 81.5 Å². The Morgan fingerprint density at radius 2 is 1.89 bits per heavy atom. The fourth-order valence-corrected chi connectivity index (χ4v) is 3.06. The van der Waals surface area contributed by atoms with Crippen LogP contribution in [0.5, 0.6) is 0 Å². The standard InChI is InChI=1S/C19H18N2O4S2/c1-25-18(22)16(11-14-7-9-17(10-8-14)21(23)24)13-27-19(26)20-12-15-5-3-2-4-6-15/h2-11H,12-13H2,1H3,(H,20,26)/b16-11+. The number of carbonyl (C=O) groups is 1. The number of benzene rings is 2. The average molecular weight is 402 g/mol. The molecule has 0 aliphatic carbocycles. The molecule has 0 spiro atoms. The number of hydrogen-bond acceptors (Lipinski definition) is 6. The zero-order valence-electron chi connectivity index (χ0n) is 14.6. The van der Waals surface area contributed by atoms with E-state index in [1.165, 1.54) is 31.0 Å². The maximum Gasteiger partial charge on any atom is 0.334 e. The lowest BCUT2D eigenvalue weighted by atomic mass is 10.1. The molecule has 6 nitrogen and oxygen atoms in total. The number of nitrogens with zero attached hydrogens (tertiary/aromatic N) is 1. The monoisotopic (exact) mass is 402 g/mol. The first-order valence-electron chi connectivity index (χ1n) is 7.97. The van der Waals surface area contributed by atoms with Gasteiger partial charge in [-0.05, 0) is 29.3 Å². The summed E-state index contributed by atoms with van der Waals surface area (Å²) in [4.78, 5) is 22.3. The number of ether oxygens (including phenoxy) is 1. The molecule has 1 N–H and O–H groups in total. The van der Waals surface area contributed by atoms with Crippen molar-refractivity contribution in [3.05, 3.63) is 81.4 Å². The summed E-state index contributed by atoms with van der Waals surface area (Å²) >= 11 is 6.62. The van der Waals surface area contributed by atoms with Crippen LogP contribution < -0.4 is 5.32 Å². The maximum atomic E-state index is 12.0. The van der Waals surface area contributed by atoms with E-state index >= 15 is 0 Å². The minimum Gasteiger partial charge on any atom is -0.466 e. The second-order valence-corrected chi connectivity index (χ2v) is 7.08. The number of nitrogens with one attached hydrogen (secondary N) is 1. The van der Waals surface area contributed by atoms with Crippen LogP contribution in [0.1, 0.15) is 11.1 Å². The molecule has 0 amide bonds. The van der Waals surface area contributed by atoms with E-state index in [0.29, 0.717) is 27.8 Å². The third-order valence-corrected chi connectivity index (χ3v) is 4.89. The SMILES string of the molecule is COC(=O)/C(=C/c1ccc([N+](=O)[O-])cc1)CSC(=S)NCc1ccccc1. The van der Waals surface area contributed by atoms with Gasteiger partial charge in [0.2, 0.25) is 0 Å². The summed E-state index contributed by atoms with van der Waals surface area (Å²) in [7, 11) is 1.31. The highest BCUT2D eigenvalue weighted by atomic mass is 32.2. The van der Waals surface area contributed by atoms with Crippen molar-refractivity contribution in [1.29, 1.82) is 0 Å². The molecular weight excluding hydrogens is 384 g/mol. The molecule has 0 radical (unpaired) electrons. The number of carbonyl (C=O) groups excluding carboxylic acids is 1. The minimum absolute atomic E-state index is 0.00701. The van der Waals surface area contributed by atoms with Crippen molar-refractivity contribution in [3.63, 3.8) is 0 Å². The molecule has 2 aromatic carbocycles. The molecule has 2 rings (SSSR count). The van der Waals surface area contributed by atoms with Gasteiger partial charge in [-0.15, -0.1) is 0 Å². The molecule has 0 fully saturated rings. The van der Waals surface area contributed by atoms with Crippen molar-refractivity contribution in [1.82, 2.24) is 5.32 Å². The lowest BCUT2D eigenvalue weighted by Gasteiger charge is -2.09. The van der Waals surface area contributed by atoms with Crippen LogP contribution in [0.3, 0.4) is 0 Å². The van der Waals surface area contributed by atoms with Crippen LogP contribution >= 0.6 is 24.0 Å². The Morgan fingerprint density at radius 1 is 1.22 bits per heavy atom. The van der Waals surface area contributed by atoms with E-state index in [2.05, 4.69) is 5.32 Å². The lowest BCUT2D eigenvalue weighted by molar-refractivity contribution is -0.384. The second kappa shape index (κ2) is 10.4. The summed E-state index contributed by atoms with van der Waals surface area (Å²) in [6, 6.07) is 15.8. The van der Waals surface area contributed by atoms with Crippen molar-refractivity contribution < 1.29 is 14.5 Å². The fourth-order valence-electron chi connectivity index (χ4n) is 2.15. The molecule has 2 aromatic rings. The van der Waals surface area contributed by atoms with E-state index in [0.717, 1.165) is 5.56 Å². The van der Waals surface area contributed by atoms with Gasteiger partial charge in [0.05, 0.1) is 12.0 Å². The van der Waals surface area contributed by atoms with Crippen LogP contribution in [0.25, 0.3) is 6.08 Å². The molecule has 0 bridgehead atoms. The predicted octanol–water partition coefficient (Wildman–Crippen LogP) is 3.96. The Kier molecular flexibility index (Phi) is 7.97. The van der Waals surface area contributed by atoms with E-state index in [-0.39, 0.29) is 5.69 Å². The summed E-state index contributed by atoms with van der Waals surface area (Å²) in [5.41, 5.74) is 2.19. The number of nitro groups is 1. The molecule has 0 saturated heterocycles. The number of esters is 1. The van der Waals surface area contributed by atoms with Gasteiger partial charge >= 0.3 is 5.97 Å². The van der Waals surface area contributed by atoms with E-state index in [1.807, 2.05) is 30.3 Å². The van der Waals surface area contributed by atoms with Crippen molar-refractivity contribution in [2.75, 3.05) is 12.9 Å². The third-order valence-electron chi connectivity index (χ3n) is 3.53. The van der Waals surface area contributed by atoms with Gasteiger partial charge in [0.25, 0.3) is 5.69 Å². The number of thioether (sulfide) groups is 1. The molecule has 0 aliphatic rings. The Labute approximate surface area is 166 Å². The lowest BCUT2D eigenvalue weighted by Crippen LogP contribution is -2.19. The van der Waals surface area contributed by atoms with Gasteiger partial charge in [0.1, 0.15) is 4.32 Å². The van der Waals surface area contributed by atoms with Crippen LogP contribution in [0.4, 0.5) is 5.69 Å². The fraction of sp³-hybridized carbons (Fsp3) is 0.158. The zero-order valence-corrected chi connectivity index (χ0v) is 16.2. The van der Waals surface area contributed by atoms with Crippen molar-refractivity contribution in [2.24, 2.45) is 0 Å². The molecule has 0 unspecified atom stereocenters. The molecule has 0 heterocycles. The molecule has 27 heavy (non-hydrogen) atoms. The van der Waals surface area contributed by atoms with Crippen molar-refractivity contribution >= 4 is 46.0 Å². The molecule has 0 aliphatic heterocycles. The Balaban J connectivity index is 1.98. The van der Waals surface area contributed by atoms with Gasteiger partial charge < -0.3 is 10.1 Å². The van der Waals surface area contributed by atoms with Crippen LogP contribution in [-0.2, 0) is 16.1 Å². The van der Waals surface area contributed by atoms with Crippen molar-refractivity contribution in [2.45, 2.75) is 6.54 Å². The smallest absolute Gasteiger partial charge is 0.334 e. The third kappa shape index (κ3) is 6.84. The first-order valence-corrected chi connectivity index (χ1v) is 9.37. The largest absolute Gasteiger partial charge is 0.466 e. The Bertz CT molecular complexity index is 837. The van der Waals surface area contributed by atoms with E-state index in [1.54, 1.807) is 18.2 Å². The van der Waals surface area contributed by atoms with Gasteiger partial charge in [0, 0.05) is 30.0 Å². The van der Waals surface area contributed by atoms with Gasteiger partial charge in [0.15, 0.2) is 0 Å². The summed E-state index contributed by atoms with van der Waals surface area (Å²) < 4.78 is 5.38. The average Bonchev–Trinajstić information content (AvgIpc) is 2.70. The van der Waals surface area contributed by atoms with Crippen molar-refractivity contribution in [3.8, 4) is 0 Å². The van der Waals surface area contributed by atoms with Crippen LogP contribution in [0.15, 0.2) is 60.2 Å². The maximum absolute atomic E-state index is 12.0. The Morgan fingerprint density at radius 3 is 2.48 bits per heavy atom. The molecule has 140 valence electrons. The zero-order chi connectivity index (χ0) is 19.6. The Hall–Kier alpha value is -2.71. The number of thiocarbonyl (C=S) groups is 1. The predicted molar refractivity (Wildman–Crippen MR) is 111 cm³/mol. The molecule has 0 saturated carbocycles. The summed E-state index contributed by atoms with van der Waals surface area (Å²) in [6.45, 7) is 0.603. The normalized spacial score (nSPS) is 10.9. The van der Waals surface area contributed by atoms with E-state index < -0.39 is 10.9 Å². The summed E-state index contributed by atoms with van der Waals surface area (Å²) in [6.07, 6.45) is 1.64. The van der Waals surface area contributed by atoms with Crippen LogP contribution in [0.2, 0.25) is 0 Å². The number of non-ortho nitro benzene ring substituents is 1. The first-order chi connectivity index (χ1) is 13.0. The molecular formula is C19H18N2O4S2. The highest BCUT2D eigenvalue weighted by Crippen LogP contribution is 2.18. The molecule has 0 aromatic heterocycles.